The Balaban J connectivity index is 3.33. The molecule has 24 heavy (non-hydrogen) atoms. The van der Waals surface area contributed by atoms with Crippen LogP contribution in [0.3, 0.4) is 0 Å². The van der Waals surface area contributed by atoms with E-state index in [0.717, 1.165) is 4.90 Å². The van der Waals surface area contributed by atoms with E-state index >= 15 is 0 Å². The number of anilines is 1. The molecular weight excluding hydrogens is 378 g/mol. The summed E-state index contributed by atoms with van der Waals surface area (Å²) in [5, 5.41) is 0. The standard InChI is InChI=1S/C17H24BrNO5/c1-16(2,3)23-14(20)19(15(21)24-17(4,5)6)13-10-11(22-7)8-9-12(13)18/h8-10H,1-7H3. The summed E-state index contributed by atoms with van der Waals surface area (Å²) in [6.45, 7) is 10.3. The molecule has 6 nitrogen and oxygen atoms in total. The lowest BCUT2D eigenvalue weighted by Gasteiger charge is -2.29. The topological polar surface area (TPSA) is 65.1 Å². The first kappa shape index (κ1) is 20.3. The second kappa shape index (κ2) is 7.42. The number of halogens is 1. The Morgan fingerprint density at radius 3 is 1.79 bits per heavy atom. The van der Waals surface area contributed by atoms with Crippen molar-refractivity contribution >= 4 is 33.8 Å². The van der Waals surface area contributed by atoms with Crippen LogP contribution in [0.5, 0.6) is 5.75 Å². The molecule has 0 aromatic heterocycles. The fourth-order valence-electron chi connectivity index (χ4n) is 1.68. The molecule has 1 aromatic rings. The third kappa shape index (κ3) is 6.03. The molecule has 0 fully saturated rings. The average molecular weight is 402 g/mol. The fourth-order valence-corrected chi connectivity index (χ4v) is 2.10. The van der Waals surface area contributed by atoms with Crippen molar-refractivity contribution < 1.29 is 23.8 Å². The van der Waals surface area contributed by atoms with Crippen molar-refractivity contribution in [2.45, 2.75) is 52.7 Å². The van der Waals surface area contributed by atoms with Gasteiger partial charge < -0.3 is 14.2 Å². The first-order valence-electron chi connectivity index (χ1n) is 7.43. The number of methoxy groups -OCH3 is 1. The minimum absolute atomic E-state index is 0.276. The van der Waals surface area contributed by atoms with Crippen LogP contribution in [0.15, 0.2) is 22.7 Å². The third-order valence-corrected chi connectivity index (χ3v) is 3.22. The van der Waals surface area contributed by atoms with Crippen LogP contribution < -0.4 is 9.64 Å². The number of carbonyl (C=O) groups excluding carboxylic acids is 2. The predicted molar refractivity (Wildman–Crippen MR) is 95.6 cm³/mol. The molecule has 134 valence electrons. The van der Waals surface area contributed by atoms with Gasteiger partial charge in [0.1, 0.15) is 17.0 Å². The molecular formula is C17H24BrNO5. The van der Waals surface area contributed by atoms with Crippen molar-refractivity contribution in [3.63, 3.8) is 0 Å². The minimum Gasteiger partial charge on any atom is -0.497 e. The van der Waals surface area contributed by atoms with Gasteiger partial charge in [-0.2, -0.15) is 4.90 Å². The Hall–Kier alpha value is -1.76. The van der Waals surface area contributed by atoms with Crippen LogP contribution in [0.4, 0.5) is 15.3 Å². The van der Waals surface area contributed by atoms with Crippen LogP contribution in [-0.2, 0) is 9.47 Å². The van der Waals surface area contributed by atoms with Gasteiger partial charge in [-0.1, -0.05) is 0 Å². The summed E-state index contributed by atoms with van der Waals surface area (Å²) in [5.74, 6) is 0.491. The molecule has 0 unspecified atom stereocenters. The molecule has 0 atom stereocenters. The monoisotopic (exact) mass is 401 g/mol. The molecule has 0 radical (unpaired) electrons. The molecule has 0 saturated carbocycles. The normalized spacial score (nSPS) is 11.7. The first-order valence-corrected chi connectivity index (χ1v) is 8.23. The summed E-state index contributed by atoms with van der Waals surface area (Å²) in [7, 11) is 1.50. The van der Waals surface area contributed by atoms with Crippen molar-refractivity contribution in [3.05, 3.63) is 22.7 Å². The van der Waals surface area contributed by atoms with Gasteiger partial charge in [-0.3, -0.25) is 0 Å². The number of nitrogens with zero attached hydrogens (tertiary/aromatic N) is 1. The van der Waals surface area contributed by atoms with Gasteiger partial charge in [0.15, 0.2) is 0 Å². The number of amides is 2. The van der Waals surface area contributed by atoms with Crippen LogP contribution in [-0.4, -0.2) is 30.5 Å². The second-order valence-corrected chi connectivity index (χ2v) is 7.97. The van der Waals surface area contributed by atoms with Gasteiger partial charge in [0.2, 0.25) is 0 Å². The van der Waals surface area contributed by atoms with Gasteiger partial charge in [-0.25, -0.2) is 9.59 Å². The van der Waals surface area contributed by atoms with E-state index in [2.05, 4.69) is 15.9 Å². The summed E-state index contributed by atoms with van der Waals surface area (Å²) >= 11 is 3.34. The van der Waals surface area contributed by atoms with E-state index in [4.69, 9.17) is 14.2 Å². The summed E-state index contributed by atoms with van der Waals surface area (Å²) in [4.78, 5) is 26.0. The molecule has 0 bridgehead atoms. The van der Waals surface area contributed by atoms with Gasteiger partial charge >= 0.3 is 12.2 Å². The maximum atomic E-state index is 12.6. The lowest BCUT2D eigenvalue weighted by molar-refractivity contribution is 0.0430. The highest BCUT2D eigenvalue weighted by atomic mass is 79.9. The van der Waals surface area contributed by atoms with E-state index in [-0.39, 0.29) is 5.69 Å². The number of rotatable bonds is 2. The van der Waals surface area contributed by atoms with E-state index in [0.29, 0.717) is 10.2 Å². The Labute approximate surface area is 151 Å². The van der Waals surface area contributed by atoms with Crippen LogP contribution in [0, 0.1) is 0 Å². The average Bonchev–Trinajstić information content (AvgIpc) is 2.37. The lowest BCUT2D eigenvalue weighted by Crippen LogP contribution is -2.44. The van der Waals surface area contributed by atoms with E-state index in [9.17, 15) is 9.59 Å². The minimum atomic E-state index is -0.828. The zero-order chi connectivity index (χ0) is 18.7. The van der Waals surface area contributed by atoms with E-state index in [1.54, 1.807) is 59.7 Å². The molecule has 2 amide bonds. The first-order chi connectivity index (χ1) is 10.8. The van der Waals surface area contributed by atoms with E-state index < -0.39 is 23.4 Å². The summed E-state index contributed by atoms with van der Waals surface area (Å²) < 4.78 is 16.4. The summed E-state index contributed by atoms with van der Waals surface area (Å²) in [6.07, 6.45) is -1.66. The lowest BCUT2D eigenvalue weighted by atomic mass is 10.2. The molecule has 1 aromatic carbocycles. The Morgan fingerprint density at radius 2 is 1.42 bits per heavy atom. The highest BCUT2D eigenvalue weighted by molar-refractivity contribution is 9.10. The van der Waals surface area contributed by atoms with Crippen LogP contribution in [0.2, 0.25) is 0 Å². The predicted octanol–water partition coefficient (Wildman–Crippen LogP) is 5.13. The highest BCUT2D eigenvalue weighted by Gasteiger charge is 2.34. The van der Waals surface area contributed by atoms with E-state index in [1.807, 2.05) is 0 Å². The van der Waals surface area contributed by atoms with Gasteiger partial charge in [0.25, 0.3) is 0 Å². The van der Waals surface area contributed by atoms with Crippen molar-refractivity contribution in [3.8, 4) is 5.75 Å². The maximum Gasteiger partial charge on any atom is 0.424 e. The Bertz CT molecular complexity index is 588. The Kier molecular flexibility index (Phi) is 6.27. The second-order valence-electron chi connectivity index (χ2n) is 7.11. The molecule has 0 spiro atoms. The molecule has 0 aliphatic rings. The molecule has 7 heteroatoms. The number of carbonyl (C=O) groups is 2. The molecule has 0 aliphatic heterocycles. The molecule has 0 aliphatic carbocycles. The molecule has 1 rings (SSSR count). The number of hydrogen-bond donors (Lipinski definition) is 0. The van der Waals surface area contributed by atoms with Gasteiger partial charge in [-0.15, -0.1) is 0 Å². The van der Waals surface area contributed by atoms with E-state index in [1.165, 1.54) is 7.11 Å². The zero-order valence-corrected chi connectivity index (χ0v) is 16.7. The van der Waals surface area contributed by atoms with Crippen LogP contribution in [0.25, 0.3) is 0 Å². The zero-order valence-electron chi connectivity index (χ0n) is 15.1. The SMILES string of the molecule is COc1ccc(Br)c(N(C(=O)OC(C)(C)C)C(=O)OC(C)(C)C)c1. The number of imide groups is 1. The maximum absolute atomic E-state index is 12.6. The molecule has 0 saturated heterocycles. The summed E-state index contributed by atoms with van der Waals surface area (Å²) in [5.41, 5.74) is -1.25. The van der Waals surface area contributed by atoms with Gasteiger partial charge in [0.05, 0.1) is 12.8 Å². The number of ether oxygens (including phenoxy) is 3. The third-order valence-electron chi connectivity index (χ3n) is 2.55. The fraction of sp³-hybridized carbons (Fsp3) is 0.529. The number of benzene rings is 1. The van der Waals surface area contributed by atoms with Crippen molar-refractivity contribution in [1.82, 2.24) is 0 Å². The van der Waals surface area contributed by atoms with Crippen LogP contribution >= 0.6 is 15.9 Å². The molecule has 0 heterocycles. The Morgan fingerprint density at radius 1 is 0.958 bits per heavy atom. The molecule has 0 N–H and O–H groups in total. The number of hydrogen-bond acceptors (Lipinski definition) is 5. The largest absolute Gasteiger partial charge is 0.497 e. The van der Waals surface area contributed by atoms with Crippen molar-refractivity contribution in [2.75, 3.05) is 12.0 Å². The smallest absolute Gasteiger partial charge is 0.424 e. The quantitative estimate of drug-likeness (QED) is 0.686. The van der Waals surface area contributed by atoms with Crippen LogP contribution in [0.1, 0.15) is 41.5 Å². The van der Waals surface area contributed by atoms with Gasteiger partial charge in [0, 0.05) is 10.5 Å². The highest BCUT2D eigenvalue weighted by Crippen LogP contribution is 2.32. The van der Waals surface area contributed by atoms with Crippen molar-refractivity contribution in [2.24, 2.45) is 0 Å². The summed E-state index contributed by atoms with van der Waals surface area (Å²) in [6, 6.07) is 4.93. The van der Waals surface area contributed by atoms with Crippen molar-refractivity contribution in [1.29, 1.82) is 0 Å². The van der Waals surface area contributed by atoms with Gasteiger partial charge in [-0.05, 0) is 69.6 Å².